The molecule has 0 aliphatic heterocycles. The Labute approximate surface area is 625 Å². The Morgan fingerprint density at radius 1 is 0.307 bits per heavy atom. The molecule has 0 aliphatic carbocycles. The second-order valence-electron chi connectivity index (χ2n) is 30.1. The van der Waals surface area contributed by atoms with Gasteiger partial charge in [0.1, 0.15) is 13.2 Å². The van der Waals surface area contributed by atoms with Gasteiger partial charge in [-0.1, -0.05) is 412 Å². The first-order valence-corrected chi connectivity index (χ1v) is 43.0. The molecule has 0 aromatic heterocycles. The summed E-state index contributed by atoms with van der Waals surface area (Å²) in [6.45, 7) is 4.68. The number of carboxylic acid groups (broad SMARTS) is 1. The molecule has 0 bridgehead atoms. The average Bonchev–Trinajstić information content (AvgIpc) is 1.25. The molecule has 584 valence electrons. The highest BCUT2D eigenvalue weighted by Gasteiger charge is 2.22. The van der Waals surface area contributed by atoms with Gasteiger partial charge < -0.3 is 33.3 Å². The minimum atomic E-state index is -1.63. The summed E-state index contributed by atoms with van der Waals surface area (Å²) >= 11 is 0. The van der Waals surface area contributed by atoms with E-state index in [0.717, 1.165) is 103 Å². The first-order valence-electron chi connectivity index (χ1n) is 43.0. The van der Waals surface area contributed by atoms with Gasteiger partial charge in [0.25, 0.3) is 0 Å². The van der Waals surface area contributed by atoms with Crippen LogP contribution in [0.4, 0.5) is 0 Å². The first kappa shape index (κ1) is 97.0. The number of hydrogen-bond donors (Lipinski definition) is 0. The van der Waals surface area contributed by atoms with Crippen LogP contribution in [0.5, 0.6) is 0 Å². The molecule has 0 N–H and O–H groups in total. The maximum absolute atomic E-state index is 13.0. The summed E-state index contributed by atoms with van der Waals surface area (Å²) in [5, 5.41) is 11.9. The number of quaternary nitrogens is 1. The molecule has 0 saturated carbocycles. The van der Waals surface area contributed by atoms with Crippen LogP contribution in [0.15, 0.2) is 109 Å². The van der Waals surface area contributed by atoms with Gasteiger partial charge >= 0.3 is 11.9 Å². The molecule has 0 heterocycles. The summed E-state index contributed by atoms with van der Waals surface area (Å²) in [5.41, 5.74) is 0. The van der Waals surface area contributed by atoms with E-state index in [1.165, 1.54) is 263 Å². The van der Waals surface area contributed by atoms with E-state index >= 15 is 0 Å². The third-order valence-corrected chi connectivity index (χ3v) is 19.0. The zero-order valence-electron chi connectivity index (χ0n) is 67.0. The van der Waals surface area contributed by atoms with E-state index in [2.05, 4.69) is 123 Å². The van der Waals surface area contributed by atoms with Gasteiger partial charge in [0.2, 0.25) is 0 Å². The van der Waals surface area contributed by atoms with Crippen molar-refractivity contribution < 1.29 is 42.9 Å². The first-order chi connectivity index (χ1) is 49.6. The van der Waals surface area contributed by atoms with Gasteiger partial charge in [0.15, 0.2) is 12.4 Å². The van der Waals surface area contributed by atoms with Gasteiger partial charge in [0.05, 0.1) is 40.3 Å². The van der Waals surface area contributed by atoms with Crippen LogP contribution in [0.25, 0.3) is 0 Å². The zero-order valence-corrected chi connectivity index (χ0v) is 67.0. The van der Waals surface area contributed by atoms with Gasteiger partial charge in [-0.2, -0.15) is 0 Å². The molecule has 0 aromatic carbocycles. The number of unbranched alkanes of at least 4 members (excludes halogenated alkanes) is 47. The third kappa shape index (κ3) is 83.1. The lowest BCUT2D eigenvalue weighted by molar-refractivity contribution is -0.870. The lowest BCUT2D eigenvalue weighted by atomic mass is 10.0. The van der Waals surface area contributed by atoms with Crippen LogP contribution in [0, 0.1) is 0 Å². The largest absolute Gasteiger partial charge is 0.545 e. The maximum Gasteiger partial charge on any atom is 0.306 e. The number of hydrogen-bond acceptors (Lipinski definition) is 8. The van der Waals surface area contributed by atoms with E-state index in [1.807, 2.05) is 21.1 Å². The minimum Gasteiger partial charge on any atom is -0.545 e. The van der Waals surface area contributed by atoms with Crippen molar-refractivity contribution in [3.05, 3.63) is 109 Å². The van der Waals surface area contributed by atoms with Crippen LogP contribution in [0.3, 0.4) is 0 Å². The SMILES string of the molecule is CC/C=C\C/C=C\C/C=C\C/C=C\C/C=C\C/C=C\C/C=C\C/C=C\C/C=C\CCCCCCCCCCCC(=O)OC(COC(=O)CCCCCCCCCCCCCCCCCCCCCCCCCCCCCCCCCCCCCCCCC)COC(OCC[N+](C)(C)C)C(=O)[O-]. The number of ether oxygens (including phenoxy) is 4. The van der Waals surface area contributed by atoms with E-state index in [-0.39, 0.29) is 32.2 Å². The zero-order chi connectivity index (χ0) is 73.2. The molecule has 0 fully saturated rings. The topological polar surface area (TPSA) is 111 Å². The normalized spacial score (nSPS) is 13.2. The summed E-state index contributed by atoms with van der Waals surface area (Å²) < 4.78 is 22.9. The predicted molar refractivity (Wildman–Crippen MR) is 435 cm³/mol. The summed E-state index contributed by atoms with van der Waals surface area (Å²) in [6.07, 6.45) is 112. The van der Waals surface area contributed by atoms with Gasteiger partial charge in [-0.05, 0) is 83.5 Å². The van der Waals surface area contributed by atoms with Crippen molar-refractivity contribution in [1.82, 2.24) is 0 Å². The number of carbonyl (C=O) groups excluding carboxylic acids is 3. The van der Waals surface area contributed by atoms with Crippen LogP contribution < -0.4 is 5.11 Å². The number of rotatable bonds is 80. The Hall–Kier alpha value is -4.05. The molecule has 0 spiro atoms. The maximum atomic E-state index is 13.0. The fourth-order valence-corrected chi connectivity index (χ4v) is 12.5. The quantitative estimate of drug-likeness (QED) is 0.0195. The van der Waals surface area contributed by atoms with Crippen LogP contribution in [0.2, 0.25) is 0 Å². The van der Waals surface area contributed by atoms with Crippen molar-refractivity contribution >= 4 is 17.9 Å². The monoisotopic (exact) mass is 1410 g/mol. The lowest BCUT2D eigenvalue weighted by Crippen LogP contribution is -2.44. The van der Waals surface area contributed by atoms with E-state index in [0.29, 0.717) is 23.9 Å². The number of aliphatic carboxylic acids is 1. The van der Waals surface area contributed by atoms with Crippen molar-refractivity contribution in [2.75, 3.05) is 47.5 Å². The Morgan fingerprint density at radius 3 is 0.842 bits per heavy atom. The molecule has 101 heavy (non-hydrogen) atoms. The molecule has 2 unspecified atom stereocenters. The summed E-state index contributed by atoms with van der Waals surface area (Å²) in [7, 11) is 5.94. The number of esters is 2. The fraction of sp³-hybridized carbons (Fsp3) is 0.772. The molecule has 0 rings (SSSR count). The Bertz CT molecular complexity index is 2040. The molecular formula is C92H163NO8. The predicted octanol–water partition coefficient (Wildman–Crippen LogP) is 26.7. The molecule has 2 atom stereocenters. The highest BCUT2D eigenvalue weighted by atomic mass is 16.7. The van der Waals surface area contributed by atoms with Gasteiger partial charge in [-0.25, -0.2) is 0 Å². The molecular weight excluding hydrogens is 1250 g/mol. The molecule has 0 aromatic rings. The van der Waals surface area contributed by atoms with Gasteiger partial charge in [-0.15, -0.1) is 0 Å². The molecule has 0 radical (unpaired) electrons. The van der Waals surface area contributed by atoms with Crippen LogP contribution >= 0.6 is 0 Å². The van der Waals surface area contributed by atoms with Crippen molar-refractivity contribution in [3.8, 4) is 0 Å². The van der Waals surface area contributed by atoms with Crippen molar-refractivity contribution in [2.24, 2.45) is 0 Å². The van der Waals surface area contributed by atoms with E-state index in [1.54, 1.807) is 0 Å². The molecule has 0 amide bonds. The molecule has 9 nitrogen and oxygen atoms in total. The number of allylic oxidation sites excluding steroid dienone is 18. The Balaban J connectivity index is 4.00. The number of carbonyl (C=O) groups is 3. The average molecular weight is 1410 g/mol. The number of carboxylic acids is 1. The van der Waals surface area contributed by atoms with Crippen LogP contribution in [0.1, 0.15) is 399 Å². The molecule has 9 heteroatoms. The highest BCUT2D eigenvalue weighted by molar-refractivity contribution is 5.70. The van der Waals surface area contributed by atoms with Crippen molar-refractivity contribution in [1.29, 1.82) is 0 Å². The minimum absolute atomic E-state index is 0.144. The molecule has 0 saturated heterocycles. The van der Waals surface area contributed by atoms with Gasteiger partial charge in [0, 0.05) is 12.8 Å². The van der Waals surface area contributed by atoms with Crippen LogP contribution in [-0.2, 0) is 33.3 Å². The summed E-state index contributed by atoms with van der Waals surface area (Å²) in [6, 6.07) is 0. The van der Waals surface area contributed by atoms with Crippen molar-refractivity contribution in [2.45, 2.75) is 411 Å². The Morgan fingerprint density at radius 2 is 0.564 bits per heavy atom. The van der Waals surface area contributed by atoms with E-state index in [4.69, 9.17) is 18.9 Å². The number of likely N-dealkylation sites (N-methyl/N-ethyl adjacent to an activating group) is 1. The molecule has 0 aliphatic rings. The summed E-state index contributed by atoms with van der Waals surface area (Å²) in [4.78, 5) is 37.7. The highest BCUT2D eigenvalue weighted by Crippen LogP contribution is 2.20. The summed E-state index contributed by atoms with van der Waals surface area (Å²) in [5.74, 6) is -2.28. The smallest absolute Gasteiger partial charge is 0.306 e. The lowest BCUT2D eigenvalue weighted by Gasteiger charge is -2.26. The second-order valence-corrected chi connectivity index (χ2v) is 30.1. The van der Waals surface area contributed by atoms with E-state index in [9.17, 15) is 19.5 Å². The van der Waals surface area contributed by atoms with Crippen molar-refractivity contribution in [3.63, 3.8) is 0 Å². The standard InChI is InChI=1S/C92H163NO8/c1-6-8-10-12-14-16-18-20-22-24-26-28-30-32-34-36-38-40-42-44-45-47-48-50-52-54-56-58-60-62-64-66-68-70-72-74-76-78-80-82-89(94)99-86-88(87-100-92(91(96)97)98-85-84-93(3,4)5)101-90(95)83-81-79-77-75-73-71-69-67-65-63-61-59-57-55-53-51-49-46-43-41-39-37-35-33-31-29-27-25-23-21-19-17-15-13-11-9-7-2/h9,11,15,17,21,23,27,29,33,35,39,41,46,49,53,55,59,61,88,92H,6-8,10,12-14,16,18-20,22,24-26,28,30-32,34,36-38,40,42-45,47-48,50-52,54,56-58,60,62-87H2,1-5H3/b11-9-,17-15-,23-21-,29-27-,35-33-,41-39-,49-46-,55-53-,61-59-. The Kier molecular flexibility index (Phi) is 78.3. The fourth-order valence-electron chi connectivity index (χ4n) is 12.5. The third-order valence-electron chi connectivity index (χ3n) is 19.0. The second kappa shape index (κ2) is 81.6. The van der Waals surface area contributed by atoms with E-state index < -0.39 is 24.3 Å². The van der Waals surface area contributed by atoms with Gasteiger partial charge in [-0.3, -0.25) is 9.59 Å². The van der Waals surface area contributed by atoms with Crippen LogP contribution in [-0.4, -0.2) is 82.3 Å². The number of nitrogens with zero attached hydrogens (tertiary/aromatic N) is 1.